The van der Waals surface area contributed by atoms with Crippen LogP contribution in [0.2, 0.25) is 13.3 Å². The molecule has 2 nitrogen and oxygen atoms in total. The average molecular weight is 415 g/mol. The summed E-state index contributed by atoms with van der Waals surface area (Å²) in [6, 6.07) is 0. The Labute approximate surface area is 142 Å². The first-order chi connectivity index (χ1) is 10.5. The predicted octanol–water partition coefficient (Wildman–Crippen LogP) is 6.05. The molecule has 0 aliphatic heterocycles. The summed E-state index contributed by atoms with van der Waals surface area (Å²) in [5.41, 5.74) is 0.695. The summed E-state index contributed by atoms with van der Waals surface area (Å²) in [7, 11) is 1.44. The van der Waals surface area contributed by atoms with Gasteiger partial charge in [-0.1, -0.05) is 0 Å². The van der Waals surface area contributed by atoms with E-state index in [1.807, 2.05) is 13.0 Å². The molecule has 0 radical (unpaired) electrons. The van der Waals surface area contributed by atoms with E-state index in [4.69, 9.17) is 4.74 Å². The van der Waals surface area contributed by atoms with Crippen LogP contribution >= 0.6 is 0 Å². The molecule has 0 atom stereocenters. The van der Waals surface area contributed by atoms with Crippen LogP contribution in [0.4, 0.5) is 0 Å². The van der Waals surface area contributed by atoms with E-state index in [1.165, 1.54) is 58.9 Å². The first-order valence-electron chi connectivity index (χ1n) is 8.99. The van der Waals surface area contributed by atoms with Gasteiger partial charge in [0.1, 0.15) is 0 Å². The van der Waals surface area contributed by atoms with Gasteiger partial charge in [0.2, 0.25) is 0 Å². The van der Waals surface area contributed by atoms with Crippen molar-refractivity contribution < 1.29 is 9.53 Å². The van der Waals surface area contributed by atoms with Gasteiger partial charge >= 0.3 is 142 Å². The molecule has 3 heteroatoms. The van der Waals surface area contributed by atoms with Crippen molar-refractivity contribution >= 4 is 24.3 Å². The van der Waals surface area contributed by atoms with E-state index in [-0.39, 0.29) is 5.97 Å². The number of hydrogen-bond acceptors (Lipinski definition) is 2. The first kappa shape index (κ1) is 21.7. The molecule has 0 heterocycles. The summed E-state index contributed by atoms with van der Waals surface area (Å²) in [6.07, 6.45) is 12.1. The molecule has 0 unspecified atom stereocenters. The molecule has 128 valence electrons. The summed E-state index contributed by atoms with van der Waals surface area (Å²) in [5.74, 6) is -0.221. The maximum absolute atomic E-state index is 11.5. The standard InChI is InChI=1S/C7H9O2.3C4H9.Sn/c1-4-5-6(2)7(8)9-3;3*1-3-4-2;/h1,4-5H,2-3H3;3*1,3-4H2,2H3;/b4-1?,6-5+;;;;. The van der Waals surface area contributed by atoms with Gasteiger partial charge < -0.3 is 0 Å². The fourth-order valence-electron chi connectivity index (χ4n) is 2.84. The van der Waals surface area contributed by atoms with Crippen molar-refractivity contribution in [3.8, 4) is 0 Å². The van der Waals surface area contributed by atoms with Gasteiger partial charge in [-0.05, 0) is 0 Å². The van der Waals surface area contributed by atoms with Crippen LogP contribution < -0.4 is 0 Å². The molecule has 0 amide bonds. The fourth-order valence-corrected chi connectivity index (χ4v) is 16.9. The van der Waals surface area contributed by atoms with Gasteiger partial charge in [-0.2, -0.15) is 0 Å². The Balaban J connectivity index is 5.09. The molecular weight excluding hydrogens is 379 g/mol. The monoisotopic (exact) mass is 416 g/mol. The van der Waals surface area contributed by atoms with Crippen molar-refractivity contribution in [3.05, 3.63) is 21.8 Å². The van der Waals surface area contributed by atoms with Crippen LogP contribution in [0.15, 0.2) is 21.8 Å². The topological polar surface area (TPSA) is 26.3 Å². The molecule has 0 saturated carbocycles. The normalized spacial score (nSPS) is 12.9. The Kier molecular flexibility index (Phi) is 13.1. The fraction of sp³-hybridized carbons (Fsp3) is 0.737. The molecule has 0 aromatic rings. The van der Waals surface area contributed by atoms with Crippen LogP contribution in [-0.4, -0.2) is 31.5 Å². The average Bonchev–Trinajstić information content (AvgIpc) is 2.54. The van der Waals surface area contributed by atoms with Gasteiger partial charge in [-0.25, -0.2) is 0 Å². The minimum absolute atomic E-state index is 0.221. The van der Waals surface area contributed by atoms with Crippen LogP contribution in [0.25, 0.3) is 0 Å². The van der Waals surface area contributed by atoms with Gasteiger partial charge in [-0.15, -0.1) is 0 Å². The van der Waals surface area contributed by atoms with Gasteiger partial charge in [0, 0.05) is 0 Å². The zero-order valence-electron chi connectivity index (χ0n) is 15.4. The van der Waals surface area contributed by atoms with Crippen molar-refractivity contribution in [1.82, 2.24) is 0 Å². The van der Waals surface area contributed by atoms with Gasteiger partial charge in [0.25, 0.3) is 0 Å². The maximum atomic E-state index is 11.5. The third kappa shape index (κ3) is 9.02. The summed E-state index contributed by atoms with van der Waals surface area (Å²) >= 11 is -2.19. The third-order valence-corrected chi connectivity index (χ3v) is 18.5. The minimum atomic E-state index is -2.19. The zero-order valence-corrected chi connectivity index (χ0v) is 18.3. The number of hydrogen-bond donors (Lipinski definition) is 0. The van der Waals surface area contributed by atoms with Crippen molar-refractivity contribution in [1.29, 1.82) is 0 Å². The van der Waals surface area contributed by atoms with Crippen LogP contribution in [-0.2, 0) is 9.53 Å². The SMILES string of the molecule is CCC[CH2][Sn](/[CH]=C/C=C(\C)C(=O)OC)([CH2]CCC)[CH2]CCC. The van der Waals surface area contributed by atoms with E-state index in [1.54, 1.807) is 0 Å². The number of rotatable bonds is 12. The molecule has 0 aromatic carbocycles. The second-order valence-electron chi connectivity index (χ2n) is 6.37. The number of unbranched alkanes of at least 4 members (excludes halogenated alkanes) is 3. The van der Waals surface area contributed by atoms with E-state index in [9.17, 15) is 4.79 Å². The Morgan fingerprint density at radius 3 is 1.77 bits per heavy atom. The molecule has 0 bridgehead atoms. The van der Waals surface area contributed by atoms with Gasteiger partial charge in [0.15, 0.2) is 0 Å². The summed E-state index contributed by atoms with van der Waals surface area (Å²) < 4.78 is 11.7. The van der Waals surface area contributed by atoms with Gasteiger partial charge in [-0.3, -0.25) is 0 Å². The Bertz CT molecular complexity index is 337. The van der Waals surface area contributed by atoms with Crippen molar-refractivity contribution in [2.45, 2.75) is 79.5 Å². The first-order valence-corrected chi connectivity index (χ1v) is 16.7. The van der Waals surface area contributed by atoms with Crippen molar-refractivity contribution in [3.63, 3.8) is 0 Å². The number of ether oxygens (including phenoxy) is 1. The van der Waals surface area contributed by atoms with Crippen molar-refractivity contribution in [2.75, 3.05) is 7.11 Å². The van der Waals surface area contributed by atoms with E-state index in [2.05, 4.69) is 30.9 Å². The van der Waals surface area contributed by atoms with Crippen molar-refractivity contribution in [2.24, 2.45) is 0 Å². The molecule has 0 N–H and O–H groups in total. The Morgan fingerprint density at radius 1 is 0.955 bits per heavy atom. The molecule has 0 spiro atoms. The quantitative estimate of drug-likeness (QED) is 0.168. The van der Waals surface area contributed by atoms with Crippen LogP contribution in [0.1, 0.15) is 66.2 Å². The Hall–Kier alpha value is -0.251. The molecule has 0 fully saturated rings. The number of carbonyl (C=O) groups excluding carboxylic acids is 1. The van der Waals surface area contributed by atoms with E-state index in [0.717, 1.165) is 0 Å². The molecule has 0 saturated heterocycles. The molecule has 0 aliphatic rings. The Morgan fingerprint density at radius 2 is 1.41 bits per heavy atom. The van der Waals surface area contributed by atoms with E-state index < -0.39 is 18.4 Å². The second-order valence-corrected chi connectivity index (χ2v) is 19.4. The summed E-state index contributed by atoms with van der Waals surface area (Å²) in [4.78, 5) is 11.5. The molecular formula is C19H36O2Sn. The molecule has 0 aliphatic carbocycles. The predicted molar refractivity (Wildman–Crippen MR) is 99.8 cm³/mol. The van der Waals surface area contributed by atoms with Crippen LogP contribution in [0.5, 0.6) is 0 Å². The zero-order chi connectivity index (χ0) is 16.8. The van der Waals surface area contributed by atoms with Crippen LogP contribution in [0.3, 0.4) is 0 Å². The molecule has 0 aromatic heterocycles. The van der Waals surface area contributed by atoms with E-state index in [0.29, 0.717) is 5.57 Å². The number of esters is 1. The second kappa shape index (κ2) is 13.2. The molecule has 22 heavy (non-hydrogen) atoms. The third-order valence-electron chi connectivity index (χ3n) is 4.39. The molecule has 0 rings (SSSR count). The summed E-state index contributed by atoms with van der Waals surface area (Å²) in [6.45, 7) is 8.71. The number of allylic oxidation sites excluding steroid dienone is 2. The number of methoxy groups -OCH3 is 1. The van der Waals surface area contributed by atoms with Gasteiger partial charge in [0.05, 0.1) is 0 Å². The summed E-state index contributed by atoms with van der Waals surface area (Å²) in [5, 5.41) is 0. The van der Waals surface area contributed by atoms with E-state index >= 15 is 0 Å². The number of carbonyl (C=O) groups is 1. The van der Waals surface area contributed by atoms with Crippen LogP contribution in [0, 0.1) is 0 Å².